The molecule has 0 radical (unpaired) electrons. The maximum atomic E-state index is 12.7. The van der Waals surface area contributed by atoms with Crippen molar-refractivity contribution < 1.29 is 13.2 Å². The zero-order valence-corrected chi connectivity index (χ0v) is 15.7. The quantitative estimate of drug-likeness (QED) is 0.788. The Balaban J connectivity index is 1.65. The molecule has 3 heterocycles. The first-order chi connectivity index (χ1) is 11.9. The minimum atomic E-state index is -3.51. The van der Waals surface area contributed by atoms with Crippen LogP contribution in [0.3, 0.4) is 0 Å². The number of hydrogen-bond acceptors (Lipinski definition) is 5. The molecule has 0 saturated carbocycles. The van der Waals surface area contributed by atoms with Gasteiger partial charge in [0.25, 0.3) is 0 Å². The van der Waals surface area contributed by atoms with Crippen molar-refractivity contribution in [3.8, 4) is 0 Å². The summed E-state index contributed by atoms with van der Waals surface area (Å²) >= 11 is 0. The van der Waals surface area contributed by atoms with Gasteiger partial charge in [0, 0.05) is 51.2 Å². The van der Waals surface area contributed by atoms with Gasteiger partial charge in [-0.3, -0.25) is 14.7 Å². The molecule has 1 atom stereocenters. The lowest BCUT2D eigenvalue weighted by Gasteiger charge is -2.43. The largest absolute Gasteiger partial charge is 0.339 e. The van der Waals surface area contributed by atoms with E-state index in [-0.39, 0.29) is 22.9 Å². The molecule has 3 rings (SSSR count). The average Bonchev–Trinajstić information content (AvgIpc) is 2.62. The number of piperazine rings is 1. The topological polar surface area (TPSA) is 73.8 Å². The fourth-order valence-corrected chi connectivity index (χ4v) is 5.02. The van der Waals surface area contributed by atoms with Crippen molar-refractivity contribution in [1.82, 2.24) is 19.1 Å². The summed E-state index contributed by atoms with van der Waals surface area (Å²) in [5.41, 5.74) is 0. The number of carbonyl (C=O) groups is 1. The van der Waals surface area contributed by atoms with Gasteiger partial charge in [-0.15, -0.1) is 0 Å². The Morgan fingerprint density at radius 1 is 1.16 bits per heavy atom. The second-order valence-corrected chi connectivity index (χ2v) is 8.85. The summed E-state index contributed by atoms with van der Waals surface area (Å²) in [6.45, 7) is 6.88. The van der Waals surface area contributed by atoms with Crippen molar-refractivity contribution in [2.24, 2.45) is 0 Å². The molecule has 1 unspecified atom stereocenters. The van der Waals surface area contributed by atoms with Gasteiger partial charge >= 0.3 is 0 Å². The first-order valence-electron chi connectivity index (χ1n) is 8.86. The van der Waals surface area contributed by atoms with Crippen molar-refractivity contribution in [2.75, 3.05) is 32.7 Å². The van der Waals surface area contributed by atoms with Gasteiger partial charge < -0.3 is 4.90 Å². The minimum Gasteiger partial charge on any atom is -0.339 e. The van der Waals surface area contributed by atoms with Crippen LogP contribution in [0.1, 0.15) is 26.7 Å². The molecular formula is C17H26N4O3S. The fraction of sp³-hybridized carbons (Fsp3) is 0.647. The van der Waals surface area contributed by atoms with Crippen molar-refractivity contribution in [3.05, 3.63) is 24.5 Å². The van der Waals surface area contributed by atoms with Gasteiger partial charge in [-0.2, -0.15) is 4.31 Å². The Hall–Kier alpha value is -1.51. The van der Waals surface area contributed by atoms with E-state index < -0.39 is 10.0 Å². The molecule has 2 aliphatic heterocycles. The molecule has 25 heavy (non-hydrogen) atoms. The molecule has 138 valence electrons. The summed E-state index contributed by atoms with van der Waals surface area (Å²) in [6, 6.07) is 3.30. The molecule has 0 aromatic carbocycles. The van der Waals surface area contributed by atoms with Crippen LogP contribution in [-0.4, -0.2) is 78.2 Å². The lowest BCUT2D eigenvalue weighted by atomic mass is 10.0. The highest BCUT2D eigenvalue weighted by Gasteiger charge is 2.37. The van der Waals surface area contributed by atoms with Gasteiger partial charge in [0.15, 0.2) is 0 Å². The van der Waals surface area contributed by atoms with Crippen LogP contribution in [0.5, 0.6) is 0 Å². The number of nitrogens with zero attached hydrogens (tertiary/aromatic N) is 4. The minimum absolute atomic E-state index is 0.112. The molecule has 0 bridgehead atoms. The van der Waals surface area contributed by atoms with E-state index in [0.29, 0.717) is 26.2 Å². The Labute approximate surface area is 149 Å². The van der Waals surface area contributed by atoms with Gasteiger partial charge in [0.05, 0.1) is 6.04 Å². The number of rotatable bonds is 4. The van der Waals surface area contributed by atoms with E-state index in [2.05, 4.69) is 9.88 Å². The van der Waals surface area contributed by atoms with E-state index in [1.807, 2.05) is 18.7 Å². The van der Waals surface area contributed by atoms with Crippen LogP contribution in [-0.2, 0) is 14.8 Å². The lowest BCUT2D eigenvalue weighted by molar-refractivity contribution is -0.142. The molecule has 8 heteroatoms. The summed E-state index contributed by atoms with van der Waals surface area (Å²) in [5.74, 6) is 0.185. The van der Waals surface area contributed by atoms with E-state index in [9.17, 15) is 13.2 Å². The number of piperidine rings is 1. The Morgan fingerprint density at radius 3 is 2.48 bits per heavy atom. The molecule has 2 fully saturated rings. The maximum Gasteiger partial charge on any atom is 0.244 e. The number of sulfonamides is 1. The fourth-order valence-electron chi connectivity index (χ4n) is 3.64. The van der Waals surface area contributed by atoms with Crippen LogP contribution >= 0.6 is 0 Å². The zero-order valence-electron chi connectivity index (χ0n) is 14.8. The molecule has 0 N–H and O–H groups in total. The van der Waals surface area contributed by atoms with Crippen molar-refractivity contribution in [3.63, 3.8) is 0 Å². The monoisotopic (exact) mass is 366 g/mol. The molecule has 2 aliphatic rings. The molecule has 0 aliphatic carbocycles. The summed E-state index contributed by atoms with van der Waals surface area (Å²) < 4.78 is 26.8. The average molecular weight is 366 g/mol. The number of likely N-dealkylation sites (tertiary alicyclic amines) is 1. The summed E-state index contributed by atoms with van der Waals surface area (Å²) in [6.07, 6.45) is 4.80. The number of amides is 1. The third-order valence-electron chi connectivity index (χ3n) is 5.05. The van der Waals surface area contributed by atoms with E-state index >= 15 is 0 Å². The molecule has 7 nitrogen and oxygen atoms in total. The van der Waals surface area contributed by atoms with Crippen molar-refractivity contribution >= 4 is 15.9 Å². The molecule has 0 spiro atoms. The summed E-state index contributed by atoms with van der Waals surface area (Å²) in [4.78, 5) is 20.9. The van der Waals surface area contributed by atoms with Crippen molar-refractivity contribution in [1.29, 1.82) is 0 Å². The van der Waals surface area contributed by atoms with E-state index in [4.69, 9.17) is 0 Å². The number of aromatic nitrogens is 1. The van der Waals surface area contributed by atoms with Gasteiger partial charge in [-0.25, -0.2) is 8.42 Å². The van der Waals surface area contributed by atoms with Crippen LogP contribution < -0.4 is 0 Å². The van der Waals surface area contributed by atoms with Crippen LogP contribution in [0.15, 0.2) is 29.4 Å². The van der Waals surface area contributed by atoms with Gasteiger partial charge in [-0.1, -0.05) is 0 Å². The maximum absolute atomic E-state index is 12.7. The number of carbonyl (C=O) groups excluding carboxylic acids is 1. The Morgan fingerprint density at radius 2 is 1.88 bits per heavy atom. The molecule has 1 amide bonds. The first-order valence-corrected chi connectivity index (χ1v) is 10.3. The van der Waals surface area contributed by atoms with Gasteiger partial charge in [0.1, 0.15) is 4.90 Å². The first kappa shape index (κ1) is 18.3. The third kappa shape index (κ3) is 3.70. The molecular weight excluding hydrogens is 340 g/mol. The van der Waals surface area contributed by atoms with Crippen molar-refractivity contribution in [2.45, 2.75) is 43.7 Å². The highest BCUT2D eigenvalue weighted by Crippen LogP contribution is 2.23. The molecule has 2 saturated heterocycles. The van der Waals surface area contributed by atoms with Gasteiger partial charge in [0.2, 0.25) is 15.9 Å². The van der Waals surface area contributed by atoms with E-state index in [1.54, 1.807) is 18.3 Å². The second-order valence-electron chi connectivity index (χ2n) is 6.91. The number of hydrogen-bond donors (Lipinski definition) is 0. The Bertz CT molecular complexity index is 700. The smallest absolute Gasteiger partial charge is 0.244 e. The van der Waals surface area contributed by atoms with Crippen LogP contribution in [0.25, 0.3) is 0 Å². The summed E-state index contributed by atoms with van der Waals surface area (Å²) in [7, 11) is -3.51. The molecule has 1 aromatic rings. The highest BCUT2D eigenvalue weighted by atomic mass is 32.2. The Kier molecular flexibility index (Phi) is 5.41. The van der Waals surface area contributed by atoms with Crippen LogP contribution in [0.4, 0.5) is 0 Å². The highest BCUT2D eigenvalue weighted by molar-refractivity contribution is 7.89. The van der Waals surface area contributed by atoms with Crippen LogP contribution in [0.2, 0.25) is 0 Å². The normalized spacial score (nSPS) is 24.0. The van der Waals surface area contributed by atoms with E-state index in [1.165, 1.54) is 10.5 Å². The van der Waals surface area contributed by atoms with Crippen LogP contribution in [0, 0.1) is 0 Å². The summed E-state index contributed by atoms with van der Waals surface area (Å²) in [5, 5.41) is 0. The van der Waals surface area contributed by atoms with E-state index in [0.717, 1.165) is 19.4 Å². The molecule has 1 aromatic heterocycles. The number of pyridine rings is 1. The SMILES string of the molecule is CC(C)N1CCCC(N2CCN(S(=O)(=O)c3cccnc3)CC2)C1=O. The zero-order chi connectivity index (χ0) is 18.0. The van der Waals surface area contributed by atoms with Gasteiger partial charge in [-0.05, 0) is 38.8 Å². The standard InChI is InChI=1S/C17H26N4O3S/c1-14(2)21-8-4-6-16(17(21)22)19-9-11-20(12-10-19)25(23,24)15-5-3-7-18-13-15/h3,5,7,13-14,16H,4,6,8-12H2,1-2H3. The lowest BCUT2D eigenvalue weighted by Crippen LogP contribution is -2.59. The second kappa shape index (κ2) is 7.39. The predicted octanol–water partition coefficient (Wildman–Crippen LogP) is 0.787. The predicted molar refractivity (Wildman–Crippen MR) is 94.4 cm³/mol. The third-order valence-corrected chi connectivity index (χ3v) is 6.94.